The number of carbonyl (C=O) groups excluding carboxylic acids is 1. The number of piperidine rings is 1. The number of benzene rings is 2. The van der Waals surface area contributed by atoms with Crippen LogP contribution in [0.3, 0.4) is 0 Å². The van der Waals surface area contributed by atoms with Gasteiger partial charge in [-0.25, -0.2) is 0 Å². The minimum Gasteiger partial charge on any atom is -0.352 e. The standard InChI is InChI=1S/C24H32N2O/c1-19-6-3-8-21(16-19)9-4-14-25-24(27)23-12-10-22(11-13-23)18-26-15-5-7-20(2)17-26/h3,6,8,10-13,16,20H,4-5,7,9,14-15,17-18H2,1-2H3,(H,25,27)/t20-/m1/s1. The Morgan fingerprint density at radius 3 is 2.70 bits per heavy atom. The summed E-state index contributed by atoms with van der Waals surface area (Å²) in [4.78, 5) is 14.9. The lowest BCUT2D eigenvalue weighted by Gasteiger charge is -2.30. The monoisotopic (exact) mass is 364 g/mol. The molecule has 1 heterocycles. The van der Waals surface area contributed by atoms with E-state index in [2.05, 4.69) is 60.5 Å². The maximum atomic E-state index is 12.3. The number of rotatable bonds is 7. The van der Waals surface area contributed by atoms with E-state index in [0.717, 1.165) is 30.9 Å². The Kier molecular flexibility index (Phi) is 7.05. The molecule has 0 aromatic heterocycles. The molecular weight excluding hydrogens is 332 g/mol. The summed E-state index contributed by atoms with van der Waals surface area (Å²) >= 11 is 0. The highest BCUT2D eigenvalue weighted by atomic mass is 16.1. The molecule has 2 aromatic rings. The van der Waals surface area contributed by atoms with Crippen LogP contribution in [0.5, 0.6) is 0 Å². The molecule has 2 aromatic carbocycles. The third-order valence-corrected chi connectivity index (χ3v) is 5.37. The second-order valence-electron chi connectivity index (χ2n) is 8.03. The highest BCUT2D eigenvalue weighted by molar-refractivity contribution is 5.94. The molecular formula is C24H32N2O. The summed E-state index contributed by atoms with van der Waals surface area (Å²) in [6.07, 6.45) is 4.60. The van der Waals surface area contributed by atoms with Crippen molar-refractivity contribution in [3.8, 4) is 0 Å². The van der Waals surface area contributed by atoms with Crippen molar-refractivity contribution >= 4 is 5.91 Å². The first-order valence-corrected chi connectivity index (χ1v) is 10.3. The molecule has 1 aliphatic heterocycles. The number of hydrogen-bond donors (Lipinski definition) is 1. The maximum absolute atomic E-state index is 12.3. The summed E-state index contributed by atoms with van der Waals surface area (Å²) in [6.45, 7) is 8.51. The van der Waals surface area contributed by atoms with Crippen molar-refractivity contribution in [2.75, 3.05) is 19.6 Å². The minimum atomic E-state index is 0.0254. The molecule has 1 amide bonds. The van der Waals surface area contributed by atoms with Crippen LogP contribution in [0, 0.1) is 12.8 Å². The number of likely N-dealkylation sites (tertiary alicyclic amines) is 1. The van der Waals surface area contributed by atoms with Gasteiger partial charge in [0.1, 0.15) is 0 Å². The molecule has 3 heteroatoms. The van der Waals surface area contributed by atoms with Crippen LogP contribution in [0.25, 0.3) is 0 Å². The van der Waals surface area contributed by atoms with Crippen LogP contribution >= 0.6 is 0 Å². The van der Waals surface area contributed by atoms with Crippen LogP contribution in [0.4, 0.5) is 0 Å². The fourth-order valence-corrected chi connectivity index (χ4v) is 3.91. The Morgan fingerprint density at radius 2 is 1.96 bits per heavy atom. The molecule has 0 bridgehead atoms. The molecule has 27 heavy (non-hydrogen) atoms. The lowest BCUT2D eigenvalue weighted by Crippen LogP contribution is -2.33. The normalized spacial score (nSPS) is 17.6. The number of nitrogens with one attached hydrogen (secondary N) is 1. The summed E-state index contributed by atoms with van der Waals surface area (Å²) in [5.74, 6) is 0.820. The van der Waals surface area contributed by atoms with E-state index in [1.165, 1.54) is 42.6 Å². The van der Waals surface area contributed by atoms with Crippen molar-refractivity contribution < 1.29 is 4.79 Å². The van der Waals surface area contributed by atoms with Crippen LogP contribution < -0.4 is 5.32 Å². The zero-order valence-corrected chi connectivity index (χ0v) is 16.7. The summed E-state index contributed by atoms with van der Waals surface area (Å²) in [6, 6.07) is 16.7. The molecule has 3 rings (SSSR count). The molecule has 144 valence electrons. The first kappa shape index (κ1) is 19.6. The van der Waals surface area contributed by atoms with E-state index in [9.17, 15) is 4.79 Å². The summed E-state index contributed by atoms with van der Waals surface area (Å²) in [7, 11) is 0. The van der Waals surface area contributed by atoms with Gasteiger partial charge in [0.05, 0.1) is 0 Å². The Balaban J connectivity index is 1.42. The molecule has 3 nitrogen and oxygen atoms in total. The van der Waals surface area contributed by atoms with Crippen LogP contribution in [0.1, 0.15) is 53.2 Å². The average Bonchev–Trinajstić information content (AvgIpc) is 2.66. The summed E-state index contributed by atoms with van der Waals surface area (Å²) in [5, 5.41) is 3.04. The lowest BCUT2D eigenvalue weighted by atomic mass is 9.99. The Labute approximate surface area is 163 Å². The summed E-state index contributed by atoms with van der Waals surface area (Å²) < 4.78 is 0. The molecule has 1 aliphatic rings. The van der Waals surface area contributed by atoms with Gasteiger partial charge in [-0.2, -0.15) is 0 Å². The smallest absolute Gasteiger partial charge is 0.251 e. The van der Waals surface area contributed by atoms with Gasteiger partial charge >= 0.3 is 0 Å². The molecule has 1 N–H and O–H groups in total. The molecule has 1 fully saturated rings. The first-order valence-electron chi connectivity index (χ1n) is 10.3. The van der Waals surface area contributed by atoms with Gasteiger partial charge in [-0.3, -0.25) is 9.69 Å². The highest BCUT2D eigenvalue weighted by Crippen LogP contribution is 2.18. The van der Waals surface area contributed by atoms with Crippen molar-refractivity contribution in [1.29, 1.82) is 0 Å². The zero-order chi connectivity index (χ0) is 19.1. The number of aryl methyl sites for hydroxylation is 2. The van der Waals surface area contributed by atoms with E-state index >= 15 is 0 Å². The van der Waals surface area contributed by atoms with Gasteiger partial charge in [0.25, 0.3) is 5.91 Å². The minimum absolute atomic E-state index is 0.0254. The van der Waals surface area contributed by atoms with Gasteiger partial charge in [0.2, 0.25) is 0 Å². The second kappa shape index (κ2) is 9.70. The third kappa shape index (κ3) is 6.21. The van der Waals surface area contributed by atoms with E-state index in [0.29, 0.717) is 6.54 Å². The highest BCUT2D eigenvalue weighted by Gasteiger charge is 2.16. The van der Waals surface area contributed by atoms with Crippen molar-refractivity contribution in [2.24, 2.45) is 5.92 Å². The SMILES string of the molecule is Cc1cccc(CCCNC(=O)c2ccc(CN3CCC[C@@H](C)C3)cc2)c1. The molecule has 1 saturated heterocycles. The van der Waals surface area contributed by atoms with Gasteiger partial charge in [-0.1, -0.05) is 48.9 Å². The van der Waals surface area contributed by atoms with Crippen molar-refractivity contribution in [3.63, 3.8) is 0 Å². The lowest BCUT2D eigenvalue weighted by molar-refractivity contribution is 0.0953. The Morgan fingerprint density at radius 1 is 1.15 bits per heavy atom. The van der Waals surface area contributed by atoms with Gasteiger partial charge in [0.15, 0.2) is 0 Å². The first-order chi connectivity index (χ1) is 13.1. The fourth-order valence-electron chi connectivity index (χ4n) is 3.91. The van der Waals surface area contributed by atoms with Crippen LogP contribution in [-0.2, 0) is 13.0 Å². The third-order valence-electron chi connectivity index (χ3n) is 5.37. The van der Waals surface area contributed by atoms with E-state index in [4.69, 9.17) is 0 Å². The van der Waals surface area contributed by atoms with Gasteiger partial charge in [-0.05, 0) is 68.3 Å². The van der Waals surface area contributed by atoms with Gasteiger partial charge < -0.3 is 5.32 Å². The van der Waals surface area contributed by atoms with Crippen molar-refractivity contribution in [3.05, 3.63) is 70.8 Å². The number of hydrogen-bond acceptors (Lipinski definition) is 2. The summed E-state index contributed by atoms with van der Waals surface area (Å²) in [5.41, 5.74) is 4.66. The van der Waals surface area contributed by atoms with E-state index in [1.54, 1.807) is 0 Å². The zero-order valence-electron chi connectivity index (χ0n) is 16.7. The maximum Gasteiger partial charge on any atom is 0.251 e. The average molecular weight is 365 g/mol. The predicted molar refractivity (Wildman–Crippen MR) is 112 cm³/mol. The number of nitrogens with zero attached hydrogens (tertiary/aromatic N) is 1. The van der Waals surface area contributed by atoms with E-state index in [1.807, 2.05) is 12.1 Å². The molecule has 0 spiro atoms. The Bertz CT molecular complexity index is 738. The van der Waals surface area contributed by atoms with Crippen LogP contribution in [0.15, 0.2) is 48.5 Å². The quantitative estimate of drug-likeness (QED) is 0.729. The molecule has 0 radical (unpaired) electrons. The van der Waals surface area contributed by atoms with Crippen LogP contribution in [-0.4, -0.2) is 30.4 Å². The second-order valence-corrected chi connectivity index (χ2v) is 8.03. The van der Waals surface area contributed by atoms with E-state index in [-0.39, 0.29) is 5.91 Å². The fraction of sp³-hybridized carbons (Fsp3) is 0.458. The van der Waals surface area contributed by atoms with Crippen LogP contribution in [0.2, 0.25) is 0 Å². The van der Waals surface area contributed by atoms with Crippen molar-refractivity contribution in [1.82, 2.24) is 10.2 Å². The number of carbonyl (C=O) groups is 1. The van der Waals surface area contributed by atoms with Gasteiger partial charge in [0, 0.05) is 25.2 Å². The van der Waals surface area contributed by atoms with E-state index < -0.39 is 0 Å². The van der Waals surface area contributed by atoms with Gasteiger partial charge in [-0.15, -0.1) is 0 Å². The number of amides is 1. The molecule has 0 saturated carbocycles. The predicted octanol–water partition coefficient (Wildman–Crippen LogP) is 4.59. The topological polar surface area (TPSA) is 32.3 Å². The Hall–Kier alpha value is -2.13. The molecule has 1 atom stereocenters. The largest absolute Gasteiger partial charge is 0.352 e. The molecule has 0 aliphatic carbocycles. The molecule has 0 unspecified atom stereocenters. The van der Waals surface area contributed by atoms with Crippen molar-refractivity contribution in [2.45, 2.75) is 46.1 Å².